The zero-order valence-corrected chi connectivity index (χ0v) is 26.7. The van der Waals surface area contributed by atoms with Gasteiger partial charge in [0, 0.05) is 48.0 Å². The molecule has 6 heteroatoms. The van der Waals surface area contributed by atoms with E-state index in [1.807, 2.05) is 65.9 Å². The molecule has 2 aromatic rings. The second-order valence-electron chi connectivity index (χ2n) is 9.94. The molecule has 0 amide bonds. The highest BCUT2D eigenvalue weighted by atomic mass is 127. The molecule has 0 aliphatic heterocycles. The fourth-order valence-corrected chi connectivity index (χ4v) is 7.76. The van der Waals surface area contributed by atoms with E-state index in [0.29, 0.717) is 32.7 Å². The van der Waals surface area contributed by atoms with E-state index in [-0.39, 0.29) is 23.9 Å². The Bertz CT molecular complexity index is 961. The first-order valence-electron chi connectivity index (χ1n) is 14.0. The van der Waals surface area contributed by atoms with Gasteiger partial charge < -0.3 is 13.9 Å². The molecule has 0 bridgehead atoms. The van der Waals surface area contributed by atoms with Crippen molar-refractivity contribution in [3.05, 3.63) is 71.8 Å². The van der Waals surface area contributed by atoms with Crippen molar-refractivity contribution >= 4 is 36.7 Å². The Morgan fingerprint density at radius 3 is 2.00 bits per heavy atom. The molecule has 3 atom stereocenters. The van der Waals surface area contributed by atoms with Gasteiger partial charge in [-0.1, -0.05) is 94.3 Å². The Morgan fingerprint density at radius 1 is 0.868 bits per heavy atom. The monoisotopic (exact) mass is 648 g/mol. The van der Waals surface area contributed by atoms with Gasteiger partial charge >= 0.3 is 0 Å². The number of carbonyl (C=O) groups is 1. The zero-order valence-electron chi connectivity index (χ0n) is 23.6. The molecule has 0 heterocycles. The second kappa shape index (κ2) is 18.7. The van der Waals surface area contributed by atoms with Gasteiger partial charge in [-0.25, -0.2) is 0 Å². The summed E-state index contributed by atoms with van der Waals surface area (Å²) in [6, 6.07) is 23.5. The van der Waals surface area contributed by atoms with Crippen LogP contribution in [0.2, 0.25) is 18.1 Å². The summed E-state index contributed by atoms with van der Waals surface area (Å²) in [5, 5.41) is 0. The highest BCUT2D eigenvalue weighted by molar-refractivity contribution is 14.1. The number of hydrogen-bond acceptors (Lipinski definition) is 4. The van der Waals surface area contributed by atoms with Crippen molar-refractivity contribution < 1.29 is 18.7 Å². The van der Waals surface area contributed by atoms with Gasteiger partial charge in [0.25, 0.3) is 0 Å². The van der Waals surface area contributed by atoms with Gasteiger partial charge in [0.1, 0.15) is 5.78 Å². The number of halogens is 1. The van der Waals surface area contributed by atoms with Crippen LogP contribution >= 0.6 is 22.6 Å². The Kier molecular flexibility index (Phi) is 16.1. The summed E-state index contributed by atoms with van der Waals surface area (Å²) in [5.41, 5.74) is 2.25. The quantitative estimate of drug-likeness (QED) is 0.0665. The summed E-state index contributed by atoms with van der Waals surface area (Å²) in [6.45, 7) is 10.3. The van der Waals surface area contributed by atoms with Gasteiger partial charge in [-0.2, -0.15) is 0 Å². The van der Waals surface area contributed by atoms with Crippen LogP contribution in [0.25, 0.3) is 0 Å². The number of carbonyl (C=O) groups excluding carboxylic acids is 1. The van der Waals surface area contributed by atoms with E-state index in [2.05, 4.69) is 54.9 Å². The van der Waals surface area contributed by atoms with Crippen molar-refractivity contribution in [1.82, 2.24) is 0 Å². The van der Waals surface area contributed by atoms with Crippen molar-refractivity contribution in [3.8, 4) is 9.85 Å². The predicted octanol–water partition coefficient (Wildman–Crippen LogP) is 8.34. The topological polar surface area (TPSA) is 44.8 Å². The van der Waals surface area contributed by atoms with Crippen LogP contribution in [-0.2, 0) is 31.9 Å². The number of Topliss-reactive ketones (excluding diaryl/α,β-unsaturated/α-hetero) is 1. The first-order chi connectivity index (χ1) is 18.5. The van der Waals surface area contributed by atoms with E-state index in [4.69, 9.17) is 13.9 Å². The standard InChI is InChI=1S/C32H45IO4Si/c1-5-38(6-2,7-3)37-31(21-23-35-25-28-17-10-8-11-18-28)32(36-26-29-19-12-9-13-20-29)24-30(34)27(4)16-14-15-22-33/h8-13,17-20,27,31-32H,5-7,14,16,21,23-26H2,1-4H3/t27-,31-,32-/m0/s1. The highest BCUT2D eigenvalue weighted by Crippen LogP contribution is 2.28. The predicted molar refractivity (Wildman–Crippen MR) is 168 cm³/mol. The maximum absolute atomic E-state index is 13.3. The van der Waals surface area contributed by atoms with E-state index in [1.165, 1.54) is 0 Å². The molecule has 0 aliphatic rings. The van der Waals surface area contributed by atoms with Gasteiger partial charge in [0.2, 0.25) is 0 Å². The van der Waals surface area contributed by atoms with Crippen LogP contribution in [0.15, 0.2) is 60.7 Å². The van der Waals surface area contributed by atoms with Crippen LogP contribution in [0.4, 0.5) is 0 Å². The van der Waals surface area contributed by atoms with Crippen molar-refractivity contribution in [2.24, 2.45) is 5.92 Å². The third-order valence-electron chi connectivity index (χ3n) is 7.44. The molecular weight excluding hydrogens is 603 g/mol. The third-order valence-corrected chi connectivity index (χ3v) is 12.5. The third kappa shape index (κ3) is 11.7. The molecule has 0 fully saturated rings. The summed E-state index contributed by atoms with van der Waals surface area (Å²) in [4.78, 5) is 13.3. The van der Waals surface area contributed by atoms with Crippen molar-refractivity contribution in [1.29, 1.82) is 0 Å². The van der Waals surface area contributed by atoms with Crippen molar-refractivity contribution in [2.75, 3.05) is 6.61 Å². The average molecular weight is 649 g/mol. The Hall–Kier alpha value is -1.50. The maximum Gasteiger partial charge on any atom is 0.192 e. The lowest BCUT2D eigenvalue weighted by molar-refractivity contribution is -0.129. The SMILES string of the molecule is CC[Si](CC)(CC)O[C@@H](CCOCc1ccccc1)[C@H](CC(=O)[C@@H](C)CCC#CI)OCc1ccccc1. The summed E-state index contributed by atoms with van der Waals surface area (Å²) >= 11 is 2.05. The normalized spacial score (nSPS) is 13.8. The average Bonchev–Trinajstić information content (AvgIpc) is 2.96. The zero-order chi connectivity index (χ0) is 27.6. The lowest BCUT2D eigenvalue weighted by Gasteiger charge is -2.37. The fraction of sp³-hybridized carbons (Fsp3) is 0.531. The number of ketones is 1. The molecule has 0 aliphatic carbocycles. The smallest absolute Gasteiger partial charge is 0.192 e. The first kappa shape index (κ1) is 32.7. The minimum absolute atomic E-state index is 0.0596. The number of benzene rings is 2. The number of rotatable bonds is 19. The lowest BCUT2D eigenvalue weighted by atomic mass is 9.94. The van der Waals surface area contributed by atoms with Crippen LogP contribution in [-0.4, -0.2) is 32.9 Å². The van der Waals surface area contributed by atoms with Crippen LogP contribution in [0.3, 0.4) is 0 Å². The minimum Gasteiger partial charge on any atom is -0.411 e. The van der Waals surface area contributed by atoms with E-state index in [9.17, 15) is 4.79 Å². The van der Waals surface area contributed by atoms with Crippen molar-refractivity contribution in [2.45, 2.75) is 96.9 Å². The minimum atomic E-state index is -1.95. The van der Waals surface area contributed by atoms with Gasteiger partial charge in [0.05, 0.1) is 25.4 Å². The van der Waals surface area contributed by atoms with Gasteiger partial charge in [-0.05, 0) is 46.0 Å². The maximum atomic E-state index is 13.3. The highest BCUT2D eigenvalue weighted by Gasteiger charge is 2.36. The summed E-state index contributed by atoms with van der Waals surface area (Å²) in [7, 11) is -1.95. The van der Waals surface area contributed by atoms with Gasteiger partial charge in [-0.15, -0.1) is 0 Å². The molecule has 0 saturated carbocycles. The van der Waals surface area contributed by atoms with Crippen molar-refractivity contribution in [3.63, 3.8) is 0 Å². The summed E-state index contributed by atoms with van der Waals surface area (Å²) in [6.07, 6.45) is 2.03. The van der Waals surface area contributed by atoms with Crippen LogP contribution < -0.4 is 0 Å². The largest absolute Gasteiger partial charge is 0.411 e. The van der Waals surface area contributed by atoms with Gasteiger partial charge in [0.15, 0.2) is 8.32 Å². The lowest BCUT2D eigenvalue weighted by Crippen LogP contribution is -2.46. The van der Waals surface area contributed by atoms with Crippen LogP contribution in [0.1, 0.15) is 64.5 Å². The Morgan fingerprint density at radius 2 is 1.45 bits per heavy atom. The molecule has 2 rings (SSSR count). The molecular formula is C32H45IO4Si. The molecule has 208 valence electrons. The molecule has 0 saturated heterocycles. The van der Waals surface area contributed by atoms with E-state index >= 15 is 0 Å². The second-order valence-corrected chi connectivity index (χ2v) is 15.2. The molecule has 0 unspecified atom stereocenters. The van der Waals surface area contributed by atoms with Crippen LogP contribution in [0.5, 0.6) is 0 Å². The van der Waals surface area contributed by atoms with E-state index in [1.54, 1.807) is 0 Å². The molecule has 0 N–H and O–H groups in total. The number of hydrogen-bond donors (Lipinski definition) is 0. The Balaban J connectivity index is 2.21. The van der Waals surface area contributed by atoms with E-state index < -0.39 is 8.32 Å². The number of ether oxygens (including phenoxy) is 2. The molecule has 0 radical (unpaired) electrons. The molecule has 4 nitrogen and oxygen atoms in total. The Labute approximate surface area is 245 Å². The van der Waals surface area contributed by atoms with Crippen LogP contribution in [0, 0.1) is 15.8 Å². The molecule has 0 spiro atoms. The molecule has 2 aromatic carbocycles. The summed E-state index contributed by atoms with van der Waals surface area (Å²) in [5.74, 6) is 3.23. The first-order valence-corrected chi connectivity index (χ1v) is 17.6. The molecule has 0 aromatic heterocycles. The molecule has 38 heavy (non-hydrogen) atoms. The van der Waals surface area contributed by atoms with E-state index in [0.717, 1.165) is 42.1 Å². The summed E-state index contributed by atoms with van der Waals surface area (Å²) < 4.78 is 22.5. The fourth-order valence-electron chi connectivity index (χ4n) is 4.58. The van der Waals surface area contributed by atoms with Gasteiger partial charge in [-0.3, -0.25) is 4.79 Å².